The predicted molar refractivity (Wildman–Crippen MR) is 94.3 cm³/mol. The lowest BCUT2D eigenvalue weighted by Gasteiger charge is -2.05. The van der Waals surface area contributed by atoms with Gasteiger partial charge in [0.15, 0.2) is 0 Å². The second-order valence-electron chi connectivity index (χ2n) is 5.00. The summed E-state index contributed by atoms with van der Waals surface area (Å²) in [5.74, 6) is 0.361. The molecule has 0 aliphatic heterocycles. The van der Waals surface area contributed by atoms with Gasteiger partial charge in [-0.3, -0.25) is 0 Å². The van der Waals surface area contributed by atoms with Crippen molar-refractivity contribution in [3.8, 4) is 5.75 Å². The number of furan rings is 1. The van der Waals surface area contributed by atoms with Crippen LogP contribution in [-0.4, -0.2) is 26.2 Å². The van der Waals surface area contributed by atoms with Crippen molar-refractivity contribution in [1.29, 1.82) is 0 Å². The quantitative estimate of drug-likeness (QED) is 0.532. The van der Waals surface area contributed by atoms with Crippen LogP contribution in [0.4, 0.5) is 0 Å². The number of aryl methyl sites for hydroxylation is 1. The molecule has 0 aliphatic rings. The van der Waals surface area contributed by atoms with E-state index in [-0.39, 0.29) is 6.61 Å². The zero-order chi connectivity index (χ0) is 18.4. The summed E-state index contributed by atoms with van der Waals surface area (Å²) < 4.78 is 21.2. The van der Waals surface area contributed by atoms with E-state index < -0.39 is 11.9 Å². The lowest BCUT2D eigenvalue weighted by Crippen LogP contribution is -2.01. The molecule has 0 unspecified atom stereocenters. The standard InChI is InChI=1S/C18H17BrO6/c1-11-15(18(21)23-3)9-14(25-11)10-24-17(20)7-4-12-8-13(19)5-6-16(12)22-2/h4-9H,10H2,1-3H3/b7-4+. The summed E-state index contributed by atoms with van der Waals surface area (Å²) in [6, 6.07) is 6.94. The monoisotopic (exact) mass is 408 g/mol. The van der Waals surface area contributed by atoms with Crippen LogP contribution in [-0.2, 0) is 20.9 Å². The summed E-state index contributed by atoms with van der Waals surface area (Å²) in [5.41, 5.74) is 1.04. The van der Waals surface area contributed by atoms with E-state index in [1.807, 2.05) is 12.1 Å². The third-order valence-corrected chi connectivity index (χ3v) is 3.81. The molecule has 0 fully saturated rings. The fourth-order valence-electron chi connectivity index (χ4n) is 2.11. The van der Waals surface area contributed by atoms with Gasteiger partial charge in [-0.1, -0.05) is 15.9 Å². The number of esters is 2. The minimum absolute atomic E-state index is 0.0867. The Kier molecular flexibility index (Phi) is 6.41. The maximum atomic E-state index is 11.9. The fourth-order valence-corrected chi connectivity index (χ4v) is 2.49. The number of rotatable bonds is 6. The van der Waals surface area contributed by atoms with E-state index in [1.165, 1.54) is 19.3 Å². The average Bonchev–Trinajstić information content (AvgIpc) is 2.98. The maximum Gasteiger partial charge on any atom is 0.341 e. The maximum absolute atomic E-state index is 11.9. The minimum Gasteiger partial charge on any atom is -0.496 e. The van der Waals surface area contributed by atoms with Crippen LogP contribution in [0.1, 0.15) is 27.4 Å². The highest BCUT2D eigenvalue weighted by molar-refractivity contribution is 9.10. The number of halogens is 1. The lowest BCUT2D eigenvalue weighted by molar-refractivity contribution is -0.139. The summed E-state index contributed by atoms with van der Waals surface area (Å²) in [5, 5.41) is 0. The van der Waals surface area contributed by atoms with Crippen molar-refractivity contribution in [3.63, 3.8) is 0 Å². The fraction of sp³-hybridized carbons (Fsp3) is 0.222. The molecule has 0 saturated carbocycles. The minimum atomic E-state index is -0.546. The number of methoxy groups -OCH3 is 2. The van der Waals surface area contributed by atoms with Crippen LogP contribution >= 0.6 is 15.9 Å². The van der Waals surface area contributed by atoms with E-state index in [9.17, 15) is 9.59 Å². The van der Waals surface area contributed by atoms with Gasteiger partial charge in [0.1, 0.15) is 29.4 Å². The van der Waals surface area contributed by atoms with Crippen LogP contribution in [0.3, 0.4) is 0 Å². The Morgan fingerprint density at radius 2 is 2.00 bits per heavy atom. The van der Waals surface area contributed by atoms with Crippen molar-refractivity contribution < 1.29 is 28.2 Å². The normalized spacial score (nSPS) is 10.7. The first kappa shape index (κ1) is 18.8. The molecule has 25 heavy (non-hydrogen) atoms. The van der Waals surface area contributed by atoms with Crippen molar-refractivity contribution in [2.75, 3.05) is 14.2 Å². The van der Waals surface area contributed by atoms with Gasteiger partial charge < -0.3 is 18.6 Å². The van der Waals surface area contributed by atoms with Crippen molar-refractivity contribution in [2.45, 2.75) is 13.5 Å². The molecule has 0 spiro atoms. The molecule has 1 aromatic carbocycles. The number of ether oxygens (including phenoxy) is 3. The van der Waals surface area contributed by atoms with Gasteiger partial charge in [-0.25, -0.2) is 9.59 Å². The summed E-state index contributed by atoms with van der Waals surface area (Å²) in [6.45, 7) is 1.55. The molecule has 0 aliphatic carbocycles. The van der Waals surface area contributed by atoms with E-state index in [1.54, 1.807) is 26.2 Å². The molecule has 0 amide bonds. The smallest absolute Gasteiger partial charge is 0.341 e. The first-order valence-corrected chi connectivity index (χ1v) is 8.10. The summed E-state index contributed by atoms with van der Waals surface area (Å²) in [7, 11) is 2.84. The number of carbonyl (C=O) groups excluding carboxylic acids is 2. The van der Waals surface area contributed by atoms with Crippen LogP contribution in [0, 0.1) is 6.92 Å². The Morgan fingerprint density at radius 3 is 2.68 bits per heavy atom. The molecule has 0 N–H and O–H groups in total. The Balaban J connectivity index is 1.99. The number of hydrogen-bond acceptors (Lipinski definition) is 6. The van der Waals surface area contributed by atoms with E-state index in [4.69, 9.17) is 13.9 Å². The zero-order valence-electron chi connectivity index (χ0n) is 14.0. The Morgan fingerprint density at radius 1 is 1.24 bits per heavy atom. The molecule has 2 aromatic rings. The van der Waals surface area contributed by atoms with E-state index in [2.05, 4.69) is 20.7 Å². The van der Waals surface area contributed by atoms with Crippen LogP contribution < -0.4 is 4.74 Å². The molecule has 132 valence electrons. The molecule has 1 aromatic heterocycles. The van der Waals surface area contributed by atoms with Crippen LogP contribution in [0.15, 0.2) is 39.2 Å². The van der Waals surface area contributed by atoms with Gasteiger partial charge in [-0.05, 0) is 37.3 Å². The van der Waals surface area contributed by atoms with Gasteiger partial charge in [-0.15, -0.1) is 0 Å². The van der Waals surface area contributed by atoms with Crippen molar-refractivity contribution in [2.24, 2.45) is 0 Å². The third-order valence-electron chi connectivity index (χ3n) is 3.32. The highest BCUT2D eigenvalue weighted by atomic mass is 79.9. The molecular formula is C18H17BrO6. The molecule has 0 bridgehead atoms. The molecular weight excluding hydrogens is 392 g/mol. The summed E-state index contributed by atoms with van der Waals surface area (Å²) in [6.07, 6.45) is 2.89. The van der Waals surface area contributed by atoms with Gasteiger partial charge in [0.2, 0.25) is 0 Å². The largest absolute Gasteiger partial charge is 0.496 e. The Labute approximate surface area is 153 Å². The van der Waals surface area contributed by atoms with Gasteiger partial charge in [-0.2, -0.15) is 0 Å². The first-order valence-electron chi connectivity index (χ1n) is 7.30. The van der Waals surface area contributed by atoms with Crippen LogP contribution in [0.2, 0.25) is 0 Å². The highest BCUT2D eigenvalue weighted by Gasteiger charge is 2.16. The SMILES string of the molecule is COC(=O)c1cc(COC(=O)/C=C/c2cc(Br)ccc2OC)oc1C. The Hall–Kier alpha value is -2.54. The van der Waals surface area contributed by atoms with Gasteiger partial charge >= 0.3 is 11.9 Å². The second kappa shape index (κ2) is 8.53. The number of hydrogen-bond donors (Lipinski definition) is 0. The lowest BCUT2D eigenvalue weighted by atomic mass is 10.2. The Bertz CT molecular complexity index is 806. The number of carbonyl (C=O) groups is 2. The van der Waals surface area contributed by atoms with Gasteiger partial charge in [0.25, 0.3) is 0 Å². The third kappa shape index (κ3) is 4.96. The average molecular weight is 409 g/mol. The molecule has 7 heteroatoms. The molecule has 2 rings (SSSR count). The zero-order valence-corrected chi connectivity index (χ0v) is 15.6. The molecule has 0 atom stereocenters. The summed E-state index contributed by atoms with van der Waals surface area (Å²) >= 11 is 3.36. The molecule has 0 radical (unpaired) electrons. The highest BCUT2D eigenvalue weighted by Crippen LogP contribution is 2.24. The molecule has 6 nitrogen and oxygen atoms in total. The first-order chi connectivity index (χ1) is 11.9. The predicted octanol–water partition coefficient (Wildman–Crippen LogP) is 3.90. The van der Waals surface area contributed by atoms with Crippen LogP contribution in [0.5, 0.6) is 5.75 Å². The molecule has 0 saturated heterocycles. The van der Waals surface area contributed by atoms with Crippen LogP contribution in [0.25, 0.3) is 6.08 Å². The second-order valence-corrected chi connectivity index (χ2v) is 5.92. The topological polar surface area (TPSA) is 75.0 Å². The van der Waals surface area contributed by atoms with Gasteiger partial charge in [0.05, 0.1) is 14.2 Å². The molecule has 1 heterocycles. The van der Waals surface area contributed by atoms with Crippen molar-refractivity contribution in [1.82, 2.24) is 0 Å². The summed E-state index contributed by atoms with van der Waals surface area (Å²) in [4.78, 5) is 23.4. The van der Waals surface area contributed by atoms with E-state index in [0.29, 0.717) is 22.8 Å². The van der Waals surface area contributed by atoms with E-state index >= 15 is 0 Å². The number of benzene rings is 1. The van der Waals surface area contributed by atoms with E-state index in [0.717, 1.165) is 10.0 Å². The van der Waals surface area contributed by atoms with Crippen molar-refractivity contribution >= 4 is 33.9 Å². The van der Waals surface area contributed by atoms with Crippen molar-refractivity contribution in [3.05, 3.63) is 57.5 Å². The van der Waals surface area contributed by atoms with Gasteiger partial charge in [0, 0.05) is 16.1 Å².